The van der Waals surface area contributed by atoms with Crippen molar-refractivity contribution in [3.05, 3.63) is 0 Å². The third kappa shape index (κ3) is 3.61. The Labute approximate surface area is 144 Å². The molecule has 2 rings (SSSR count). The summed E-state index contributed by atoms with van der Waals surface area (Å²) in [5, 5.41) is 0. The van der Waals surface area contributed by atoms with E-state index >= 15 is 0 Å². The Bertz CT molecular complexity index is 385. The number of hydrogen-bond acceptors (Lipinski definition) is 2. The summed E-state index contributed by atoms with van der Waals surface area (Å²) in [4.78, 5) is 11.0. The predicted molar refractivity (Wildman–Crippen MR) is 100 cm³/mol. The van der Waals surface area contributed by atoms with Crippen molar-refractivity contribution in [2.24, 2.45) is 23.2 Å². The van der Waals surface area contributed by atoms with Gasteiger partial charge in [0, 0.05) is 12.5 Å². The van der Waals surface area contributed by atoms with Gasteiger partial charge in [0.1, 0.15) is 6.29 Å². The van der Waals surface area contributed by atoms with Gasteiger partial charge in [0.2, 0.25) is 0 Å². The van der Waals surface area contributed by atoms with E-state index in [-0.39, 0.29) is 0 Å². The van der Waals surface area contributed by atoms with Crippen LogP contribution in [0.1, 0.15) is 73.1 Å². The van der Waals surface area contributed by atoms with Crippen molar-refractivity contribution in [3.63, 3.8) is 0 Å². The molecular weight excluding hydrogens is 300 g/mol. The maximum atomic E-state index is 11.0. The minimum absolute atomic E-state index is 0.403. The summed E-state index contributed by atoms with van der Waals surface area (Å²) in [5.41, 5.74) is 0.403. The smallest absolute Gasteiger partial charge is 0.192 e. The molecular formula is C20H38O2Si. The Morgan fingerprint density at radius 1 is 1.17 bits per heavy atom. The molecule has 3 heteroatoms. The van der Waals surface area contributed by atoms with Crippen LogP contribution in [-0.2, 0) is 9.22 Å². The van der Waals surface area contributed by atoms with Gasteiger partial charge in [0.25, 0.3) is 0 Å². The Morgan fingerprint density at radius 3 is 2.39 bits per heavy atom. The molecule has 23 heavy (non-hydrogen) atoms. The fourth-order valence-corrected chi connectivity index (χ4v) is 8.80. The van der Waals surface area contributed by atoms with Crippen LogP contribution in [0.25, 0.3) is 0 Å². The second kappa shape index (κ2) is 7.82. The molecule has 2 aliphatic carbocycles. The van der Waals surface area contributed by atoms with Crippen LogP contribution in [0.2, 0.25) is 18.1 Å². The SMILES string of the molecule is CC[Si](CC)(CC)O[C@H]1CCC[C@]2(C)C([C@H](C)CC=O)CC[C@@H]12. The Morgan fingerprint density at radius 2 is 1.83 bits per heavy atom. The number of aldehydes is 1. The van der Waals surface area contributed by atoms with Gasteiger partial charge >= 0.3 is 0 Å². The third-order valence-electron chi connectivity index (χ3n) is 7.62. The number of fused-ring (bicyclic) bond motifs is 1. The summed E-state index contributed by atoms with van der Waals surface area (Å²) in [6.07, 6.45) is 8.88. The highest BCUT2D eigenvalue weighted by molar-refractivity contribution is 6.73. The highest BCUT2D eigenvalue weighted by atomic mass is 28.4. The van der Waals surface area contributed by atoms with Crippen molar-refractivity contribution < 1.29 is 9.22 Å². The lowest BCUT2D eigenvalue weighted by Crippen LogP contribution is -2.48. The lowest BCUT2D eigenvalue weighted by molar-refractivity contribution is -0.109. The van der Waals surface area contributed by atoms with Gasteiger partial charge in [-0.1, -0.05) is 41.0 Å². The monoisotopic (exact) mass is 338 g/mol. The molecule has 134 valence electrons. The molecule has 1 unspecified atom stereocenters. The molecule has 2 saturated carbocycles. The summed E-state index contributed by atoms with van der Waals surface area (Å²) in [6.45, 7) is 11.8. The van der Waals surface area contributed by atoms with Gasteiger partial charge in [0.05, 0.1) is 0 Å². The minimum Gasteiger partial charge on any atom is -0.414 e. The molecule has 0 saturated heterocycles. The van der Waals surface area contributed by atoms with Crippen LogP contribution in [-0.4, -0.2) is 20.7 Å². The van der Waals surface area contributed by atoms with E-state index in [0.717, 1.165) is 18.6 Å². The van der Waals surface area contributed by atoms with Crippen molar-refractivity contribution in [2.45, 2.75) is 97.4 Å². The van der Waals surface area contributed by atoms with E-state index in [1.165, 1.54) is 50.2 Å². The number of rotatable bonds is 8. The average Bonchev–Trinajstić information content (AvgIpc) is 2.91. The fourth-order valence-electron chi connectivity index (χ4n) is 5.87. The molecule has 2 aliphatic rings. The molecule has 2 nitrogen and oxygen atoms in total. The highest BCUT2D eigenvalue weighted by Crippen LogP contribution is 2.59. The van der Waals surface area contributed by atoms with E-state index in [9.17, 15) is 4.79 Å². The van der Waals surface area contributed by atoms with Crippen molar-refractivity contribution in [1.82, 2.24) is 0 Å². The molecule has 0 aromatic carbocycles. The first-order valence-electron chi connectivity index (χ1n) is 10.1. The first kappa shape index (κ1) is 19.2. The minimum atomic E-state index is -1.52. The van der Waals surface area contributed by atoms with Crippen LogP contribution in [0.4, 0.5) is 0 Å². The fraction of sp³-hybridized carbons (Fsp3) is 0.950. The lowest BCUT2D eigenvalue weighted by atomic mass is 9.61. The van der Waals surface area contributed by atoms with E-state index in [2.05, 4.69) is 34.6 Å². The van der Waals surface area contributed by atoms with E-state index in [4.69, 9.17) is 4.43 Å². The summed E-state index contributed by atoms with van der Waals surface area (Å²) in [7, 11) is -1.52. The van der Waals surface area contributed by atoms with Gasteiger partial charge in [-0.15, -0.1) is 0 Å². The van der Waals surface area contributed by atoms with Crippen molar-refractivity contribution in [3.8, 4) is 0 Å². The Hall–Kier alpha value is -0.153. The Balaban J connectivity index is 2.15. The number of carbonyl (C=O) groups excluding carboxylic acids is 1. The van der Waals surface area contributed by atoms with E-state index in [0.29, 0.717) is 23.4 Å². The maximum absolute atomic E-state index is 11.0. The molecule has 0 bridgehead atoms. The van der Waals surface area contributed by atoms with E-state index < -0.39 is 8.32 Å². The Kier molecular flexibility index (Phi) is 6.52. The molecule has 0 aliphatic heterocycles. The average molecular weight is 339 g/mol. The van der Waals surface area contributed by atoms with Crippen molar-refractivity contribution >= 4 is 14.6 Å². The quantitative estimate of drug-likeness (QED) is 0.412. The van der Waals surface area contributed by atoms with Crippen LogP contribution in [0.3, 0.4) is 0 Å². The first-order valence-corrected chi connectivity index (χ1v) is 12.6. The molecule has 0 heterocycles. The second-order valence-corrected chi connectivity index (χ2v) is 13.2. The van der Waals surface area contributed by atoms with E-state index in [1.54, 1.807) is 0 Å². The zero-order valence-electron chi connectivity index (χ0n) is 16.1. The molecule has 0 amide bonds. The van der Waals surface area contributed by atoms with Crippen LogP contribution in [0.5, 0.6) is 0 Å². The van der Waals surface area contributed by atoms with Gasteiger partial charge in [-0.3, -0.25) is 0 Å². The molecule has 0 radical (unpaired) electrons. The summed E-state index contributed by atoms with van der Waals surface area (Å²) in [5.74, 6) is 1.98. The van der Waals surface area contributed by atoms with Crippen LogP contribution in [0.15, 0.2) is 0 Å². The molecule has 0 N–H and O–H groups in total. The summed E-state index contributed by atoms with van der Waals surface area (Å²) < 4.78 is 6.96. The molecule has 2 fully saturated rings. The summed E-state index contributed by atoms with van der Waals surface area (Å²) in [6, 6.07) is 3.76. The molecule has 5 atom stereocenters. The van der Waals surface area contributed by atoms with Crippen LogP contribution < -0.4 is 0 Å². The summed E-state index contributed by atoms with van der Waals surface area (Å²) >= 11 is 0. The maximum Gasteiger partial charge on any atom is 0.192 e. The van der Waals surface area contributed by atoms with Crippen LogP contribution >= 0.6 is 0 Å². The van der Waals surface area contributed by atoms with Gasteiger partial charge in [-0.05, 0) is 67.0 Å². The molecule has 0 spiro atoms. The van der Waals surface area contributed by atoms with Gasteiger partial charge in [0.15, 0.2) is 8.32 Å². The van der Waals surface area contributed by atoms with E-state index in [1.807, 2.05) is 0 Å². The van der Waals surface area contributed by atoms with Crippen molar-refractivity contribution in [2.75, 3.05) is 0 Å². The highest BCUT2D eigenvalue weighted by Gasteiger charge is 2.53. The van der Waals surface area contributed by atoms with Gasteiger partial charge in [-0.2, -0.15) is 0 Å². The van der Waals surface area contributed by atoms with Gasteiger partial charge in [-0.25, -0.2) is 0 Å². The second-order valence-electron chi connectivity index (χ2n) is 8.47. The molecule has 0 aromatic rings. The standard InChI is InChI=1S/C20H38O2Si/c1-6-23(7-2,8-3)22-19-10-9-14-20(5)17(11-12-18(19)20)16(4)13-15-21/h15-19H,6-14H2,1-5H3/t16-,17?,18+,19+,20-/m1/s1. The zero-order chi connectivity index (χ0) is 17.1. The normalized spacial score (nSPS) is 35.8. The van der Waals surface area contributed by atoms with Gasteiger partial charge < -0.3 is 9.22 Å². The predicted octanol–water partition coefficient (Wildman–Crippen LogP) is 5.82. The van der Waals surface area contributed by atoms with Crippen molar-refractivity contribution in [1.29, 1.82) is 0 Å². The molecule has 0 aromatic heterocycles. The number of hydrogen-bond donors (Lipinski definition) is 0. The zero-order valence-corrected chi connectivity index (χ0v) is 17.1. The van der Waals surface area contributed by atoms with Crippen LogP contribution in [0, 0.1) is 23.2 Å². The topological polar surface area (TPSA) is 26.3 Å². The largest absolute Gasteiger partial charge is 0.414 e. The third-order valence-corrected chi connectivity index (χ3v) is 12.3. The lowest BCUT2D eigenvalue weighted by Gasteiger charge is -2.48. The first-order chi connectivity index (χ1) is 11.0. The number of carbonyl (C=O) groups is 1.